The van der Waals surface area contributed by atoms with Gasteiger partial charge in [0.25, 0.3) is 0 Å². The third-order valence-electron chi connectivity index (χ3n) is 0.792. The van der Waals surface area contributed by atoms with Crippen LogP contribution in [0.15, 0.2) is 10.2 Å². The van der Waals surface area contributed by atoms with E-state index in [1.165, 1.54) is 17.3 Å². The minimum atomic E-state index is 0.534. The fraction of sp³-hybridized carbons (Fsp3) is 0.600. The van der Waals surface area contributed by atoms with Crippen molar-refractivity contribution in [2.75, 3.05) is 4.43 Å². The van der Waals surface area contributed by atoms with Gasteiger partial charge in [0, 0.05) is 0 Å². The molecule has 1 heterocycles. The predicted molar refractivity (Wildman–Crippen MR) is 23.2 cm³/mol. The minimum absolute atomic E-state index is 0.534. The zero-order chi connectivity index (χ0) is 4.24. The first-order valence-electron chi connectivity index (χ1n) is 2.23. The van der Waals surface area contributed by atoms with Gasteiger partial charge >= 0.3 is 48.6 Å². The molecule has 36 valence electrons. The van der Waals surface area contributed by atoms with Gasteiger partial charge in [0.15, 0.2) is 0 Å². The van der Waals surface area contributed by atoms with Gasteiger partial charge in [-0.05, 0) is 0 Å². The van der Waals surface area contributed by atoms with Crippen LogP contribution in [0.2, 0.25) is 0 Å². The van der Waals surface area contributed by atoms with Gasteiger partial charge in [-0.25, -0.2) is 0 Å². The zero-order valence-corrected chi connectivity index (χ0v) is 5.81. The average molecular weight is 195 g/mol. The number of alkyl halides is 1. The van der Waals surface area contributed by atoms with Gasteiger partial charge in [-0.15, -0.1) is 0 Å². The molecule has 0 atom stereocenters. The number of rotatable bonds is 0. The third-order valence-corrected chi connectivity index (χ3v) is 3.19. The molecule has 1 aliphatic heterocycles. The summed E-state index contributed by atoms with van der Waals surface area (Å²) in [6.45, 7) is 0. The van der Waals surface area contributed by atoms with E-state index in [4.69, 9.17) is 0 Å². The SMILES string of the molecule is C1=C[I-]CCC1. The molecule has 0 fully saturated rings. The summed E-state index contributed by atoms with van der Waals surface area (Å²) >= 11 is 0.534. The quantitative estimate of drug-likeness (QED) is 0.322. The summed E-state index contributed by atoms with van der Waals surface area (Å²) in [4.78, 5) is 0. The fourth-order valence-corrected chi connectivity index (χ4v) is 2.42. The summed E-state index contributed by atoms with van der Waals surface area (Å²) < 4.78 is 3.90. The van der Waals surface area contributed by atoms with Gasteiger partial charge in [-0.2, -0.15) is 0 Å². The third kappa shape index (κ3) is 1.29. The van der Waals surface area contributed by atoms with Gasteiger partial charge in [-0.1, -0.05) is 0 Å². The molecule has 0 aromatic rings. The summed E-state index contributed by atoms with van der Waals surface area (Å²) in [6.07, 6.45) is 5.13. The number of allylic oxidation sites excluding steroid dienone is 1. The van der Waals surface area contributed by atoms with Crippen LogP contribution in [-0.4, -0.2) is 4.43 Å². The van der Waals surface area contributed by atoms with Gasteiger partial charge < -0.3 is 0 Å². The maximum atomic E-state index is 2.38. The van der Waals surface area contributed by atoms with Crippen LogP contribution < -0.4 is 21.2 Å². The molecule has 0 saturated carbocycles. The predicted octanol–water partition coefficient (Wildman–Crippen LogP) is -1.62. The van der Waals surface area contributed by atoms with Crippen LogP contribution in [0.4, 0.5) is 0 Å². The van der Waals surface area contributed by atoms with Gasteiger partial charge in [0.2, 0.25) is 0 Å². The van der Waals surface area contributed by atoms with Crippen LogP contribution in [0.3, 0.4) is 0 Å². The second kappa shape index (κ2) is 2.61. The van der Waals surface area contributed by atoms with Crippen molar-refractivity contribution in [2.24, 2.45) is 0 Å². The Labute approximate surface area is 48.9 Å². The zero-order valence-electron chi connectivity index (χ0n) is 3.65. The molecule has 1 aliphatic rings. The Morgan fingerprint density at radius 1 is 1.50 bits per heavy atom. The van der Waals surface area contributed by atoms with Crippen LogP contribution in [0.1, 0.15) is 12.8 Å². The molecule has 0 aromatic carbocycles. The second-order valence-electron chi connectivity index (χ2n) is 1.35. The van der Waals surface area contributed by atoms with Crippen molar-refractivity contribution < 1.29 is 21.2 Å². The Kier molecular flexibility index (Phi) is 2.01. The Balaban J connectivity index is 2.26. The van der Waals surface area contributed by atoms with Gasteiger partial charge in [-0.3, -0.25) is 0 Å². The topological polar surface area (TPSA) is 0 Å². The summed E-state index contributed by atoms with van der Waals surface area (Å²) in [6, 6.07) is 0. The van der Waals surface area contributed by atoms with E-state index in [2.05, 4.69) is 10.2 Å². The number of halogens is 1. The molecule has 0 nitrogen and oxygen atoms in total. The molecule has 0 aromatic heterocycles. The first kappa shape index (κ1) is 4.62. The normalized spacial score (nSPS) is 22.7. The molecule has 0 amide bonds. The molecule has 0 bridgehead atoms. The maximum absolute atomic E-state index is 2.38. The van der Waals surface area contributed by atoms with Crippen LogP contribution >= 0.6 is 0 Å². The van der Waals surface area contributed by atoms with E-state index in [1.807, 2.05) is 0 Å². The van der Waals surface area contributed by atoms with Crippen molar-refractivity contribution in [3.05, 3.63) is 10.2 Å². The first-order chi connectivity index (χ1) is 3.00. The van der Waals surface area contributed by atoms with Crippen LogP contribution in [0.5, 0.6) is 0 Å². The van der Waals surface area contributed by atoms with Crippen LogP contribution in [0.25, 0.3) is 0 Å². The average Bonchev–Trinajstić information content (AvgIpc) is 1.72. The molecule has 6 heavy (non-hydrogen) atoms. The van der Waals surface area contributed by atoms with Crippen molar-refractivity contribution in [1.82, 2.24) is 0 Å². The van der Waals surface area contributed by atoms with E-state index in [0.29, 0.717) is 21.2 Å². The van der Waals surface area contributed by atoms with E-state index >= 15 is 0 Å². The molecule has 0 spiro atoms. The molecule has 0 radical (unpaired) electrons. The van der Waals surface area contributed by atoms with E-state index in [9.17, 15) is 0 Å². The molecule has 0 aliphatic carbocycles. The molecular formula is C5H8I-. The molecular weight excluding hydrogens is 187 g/mol. The molecule has 0 N–H and O–H groups in total. The summed E-state index contributed by atoms with van der Waals surface area (Å²) in [5.74, 6) is 0. The van der Waals surface area contributed by atoms with E-state index in [1.54, 1.807) is 0 Å². The van der Waals surface area contributed by atoms with E-state index in [0.717, 1.165) is 0 Å². The van der Waals surface area contributed by atoms with E-state index < -0.39 is 0 Å². The Hall–Kier alpha value is 0.470. The molecule has 0 saturated heterocycles. The Bertz CT molecular complexity index is 49.0. The monoisotopic (exact) mass is 195 g/mol. The van der Waals surface area contributed by atoms with Crippen LogP contribution in [-0.2, 0) is 0 Å². The molecule has 1 rings (SSSR count). The standard InChI is InChI=1S/C5H8I/c1-2-4-6-5-3-1/h2,4H,1,3,5H2/q-1. The van der Waals surface area contributed by atoms with Gasteiger partial charge in [0.1, 0.15) is 0 Å². The second-order valence-corrected chi connectivity index (χ2v) is 4.03. The summed E-state index contributed by atoms with van der Waals surface area (Å²) in [5, 5.41) is 0. The van der Waals surface area contributed by atoms with Crippen molar-refractivity contribution in [1.29, 1.82) is 0 Å². The Morgan fingerprint density at radius 3 is 2.67 bits per heavy atom. The Morgan fingerprint density at radius 2 is 2.50 bits per heavy atom. The fourth-order valence-electron chi connectivity index (χ4n) is 0.461. The van der Waals surface area contributed by atoms with Crippen LogP contribution in [0, 0.1) is 0 Å². The van der Waals surface area contributed by atoms with Crippen molar-refractivity contribution in [3.63, 3.8) is 0 Å². The van der Waals surface area contributed by atoms with Crippen molar-refractivity contribution >= 4 is 0 Å². The number of hydrogen-bond donors (Lipinski definition) is 0. The van der Waals surface area contributed by atoms with E-state index in [-0.39, 0.29) is 0 Å². The van der Waals surface area contributed by atoms with Gasteiger partial charge in [0.05, 0.1) is 0 Å². The van der Waals surface area contributed by atoms with Crippen molar-refractivity contribution in [3.8, 4) is 0 Å². The summed E-state index contributed by atoms with van der Waals surface area (Å²) in [7, 11) is 0. The molecule has 0 unspecified atom stereocenters. The first-order valence-corrected chi connectivity index (χ1v) is 5.00. The number of hydrogen-bond acceptors (Lipinski definition) is 0. The molecule has 1 heteroatoms. The van der Waals surface area contributed by atoms with Crippen molar-refractivity contribution in [2.45, 2.75) is 12.8 Å². The summed E-state index contributed by atoms with van der Waals surface area (Å²) in [5.41, 5.74) is 0.